The van der Waals surface area contributed by atoms with Crippen molar-refractivity contribution < 1.29 is 14.3 Å². The maximum atomic E-state index is 12.9. The average Bonchev–Trinajstić information content (AvgIpc) is 2.72. The van der Waals surface area contributed by atoms with E-state index in [2.05, 4.69) is 12.2 Å². The lowest BCUT2D eigenvalue weighted by Crippen LogP contribution is -2.49. The third-order valence-electron chi connectivity index (χ3n) is 4.45. The van der Waals surface area contributed by atoms with Gasteiger partial charge in [0, 0.05) is 18.1 Å². The predicted octanol–water partition coefficient (Wildman–Crippen LogP) is 4.71. The molecule has 1 N–H and O–H groups in total. The molecule has 7 heteroatoms. The Morgan fingerprint density at radius 1 is 1.10 bits per heavy atom. The molecular formula is C22H26Cl2N2O3. The fourth-order valence-corrected chi connectivity index (χ4v) is 3.01. The van der Waals surface area contributed by atoms with E-state index in [0.717, 1.165) is 18.4 Å². The number of rotatable bonds is 10. The molecule has 0 aromatic heterocycles. The minimum Gasteiger partial charge on any atom is -0.482 e. The van der Waals surface area contributed by atoms with Gasteiger partial charge in [-0.3, -0.25) is 9.59 Å². The number of halogens is 2. The van der Waals surface area contributed by atoms with Gasteiger partial charge in [-0.15, -0.1) is 0 Å². The van der Waals surface area contributed by atoms with Crippen LogP contribution >= 0.6 is 23.2 Å². The standard InChI is InChI=1S/C22H26Cl2N2O3/c1-3-4-13-25-22(28)16(2)26(14-17-9-11-18(23)12-10-17)21(27)15-29-20-8-6-5-7-19(20)24/h5-12,16H,3-4,13-15H2,1-2H3,(H,25,28). The van der Waals surface area contributed by atoms with Crippen molar-refractivity contribution in [2.45, 2.75) is 39.3 Å². The van der Waals surface area contributed by atoms with Gasteiger partial charge in [-0.1, -0.05) is 60.8 Å². The molecule has 29 heavy (non-hydrogen) atoms. The SMILES string of the molecule is CCCCNC(=O)C(C)N(Cc1ccc(Cl)cc1)C(=O)COc1ccccc1Cl. The maximum Gasteiger partial charge on any atom is 0.261 e. The van der Waals surface area contributed by atoms with Gasteiger partial charge >= 0.3 is 0 Å². The van der Waals surface area contributed by atoms with Gasteiger partial charge in [-0.25, -0.2) is 0 Å². The Bertz CT molecular complexity index is 812. The summed E-state index contributed by atoms with van der Waals surface area (Å²) in [6.45, 7) is 4.40. The summed E-state index contributed by atoms with van der Waals surface area (Å²) in [7, 11) is 0. The number of unbranched alkanes of at least 4 members (excludes halogenated alkanes) is 1. The van der Waals surface area contributed by atoms with E-state index < -0.39 is 6.04 Å². The van der Waals surface area contributed by atoms with E-state index in [1.807, 2.05) is 12.1 Å². The zero-order valence-corrected chi connectivity index (χ0v) is 18.2. The Kier molecular flexibility index (Phi) is 9.29. The van der Waals surface area contributed by atoms with Gasteiger partial charge in [-0.2, -0.15) is 0 Å². The monoisotopic (exact) mass is 436 g/mol. The lowest BCUT2D eigenvalue weighted by atomic mass is 10.1. The van der Waals surface area contributed by atoms with E-state index >= 15 is 0 Å². The molecular weight excluding hydrogens is 411 g/mol. The third kappa shape index (κ3) is 7.26. The van der Waals surface area contributed by atoms with Crippen molar-refractivity contribution in [1.82, 2.24) is 10.2 Å². The third-order valence-corrected chi connectivity index (χ3v) is 5.02. The highest BCUT2D eigenvalue weighted by Crippen LogP contribution is 2.23. The van der Waals surface area contributed by atoms with Crippen LogP contribution in [0.3, 0.4) is 0 Å². The highest BCUT2D eigenvalue weighted by Gasteiger charge is 2.26. The summed E-state index contributed by atoms with van der Waals surface area (Å²) in [5, 5.41) is 3.92. The fourth-order valence-electron chi connectivity index (χ4n) is 2.69. The van der Waals surface area contributed by atoms with Crippen molar-refractivity contribution in [2.24, 2.45) is 0 Å². The molecule has 156 valence electrons. The van der Waals surface area contributed by atoms with Crippen LogP contribution in [0.2, 0.25) is 10.0 Å². The molecule has 5 nitrogen and oxygen atoms in total. The first-order valence-corrected chi connectivity index (χ1v) is 10.4. The van der Waals surface area contributed by atoms with Gasteiger partial charge in [0.15, 0.2) is 6.61 Å². The number of carbonyl (C=O) groups excluding carboxylic acids is 2. The van der Waals surface area contributed by atoms with Crippen LogP contribution in [-0.2, 0) is 16.1 Å². The summed E-state index contributed by atoms with van der Waals surface area (Å²) in [5.41, 5.74) is 0.869. The number of amides is 2. The van der Waals surface area contributed by atoms with Crippen LogP contribution in [0.4, 0.5) is 0 Å². The van der Waals surface area contributed by atoms with E-state index in [-0.39, 0.29) is 25.0 Å². The molecule has 0 radical (unpaired) electrons. The first kappa shape index (κ1) is 23.0. The summed E-state index contributed by atoms with van der Waals surface area (Å²) in [6.07, 6.45) is 1.87. The molecule has 2 aromatic rings. The number of nitrogens with zero attached hydrogens (tertiary/aromatic N) is 1. The second-order valence-corrected chi connectivity index (χ2v) is 7.53. The van der Waals surface area contributed by atoms with Crippen LogP contribution in [0, 0.1) is 0 Å². The van der Waals surface area contributed by atoms with E-state index in [1.54, 1.807) is 43.3 Å². The lowest BCUT2D eigenvalue weighted by molar-refractivity contribution is -0.142. The Morgan fingerprint density at radius 3 is 2.45 bits per heavy atom. The topological polar surface area (TPSA) is 58.6 Å². The average molecular weight is 437 g/mol. The van der Waals surface area contributed by atoms with E-state index in [4.69, 9.17) is 27.9 Å². The molecule has 0 aliphatic rings. The van der Waals surface area contributed by atoms with E-state index in [1.165, 1.54) is 4.90 Å². The first-order valence-electron chi connectivity index (χ1n) is 9.61. The quantitative estimate of drug-likeness (QED) is 0.548. The van der Waals surface area contributed by atoms with Crippen LogP contribution in [0.1, 0.15) is 32.3 Å². The lowest BCUT2D eigenvalue weighted by Gasteiger charge is -2.29. The summed E-state index contributed by atoms with van der Waals surface area (Å²) in [5.74, 6) is -0.0782. The largest absolute Gasteiger partial charge is 0.482 e. The minimum absolute atomic E-state index is 0.196. The Hall–Kier alpha value is -2.24. The molecule has 0 heterocycles. The number of hydrogen-bond acceptors (Lipinski definition) is 3. The fraction of sp³-hybridized carbons (Fsp3) is 0.364. The molecule has 1 unspecified atom stereocenters. The Balaban J connectivity index is 2.11. The van der Waals surface area contributed by atoms with Crippen molar-refractivity contribution in [1.29, 1.82) is 0 Å². The molecule has 0 aliphatic carbocycles. The van der Waals surface area contributed by atoms with E-state index in [0.29, 0.717) is 22.3 Å². The molecule has 2 rings (SSSR count). The van der Waals surface area contributed by atoms with Crippen molar-refractivity contribution >= 4 is 35.0 Å². The molecule has 0 bridgehead atoms. The van der Waals surface area contributed by atoms with Gasteiger partial charge in [0.25, 0.3) is 5.91 Å². The highest BCUT2D eigenvalue weighted by atomic mass is 35.5. The van der Waals surface area contributed by atoms with Gasteiger partial charge in [-0.05, 0) is 43.2 Å². The number of nitrogens with one attached hydrogen (secondary N) is 1. The van der Waals surface area contributed by atoms with Gasteiger partial charge < -0.3 is 15.0 Å². The van der Waals surface area contributed by atoms with Crippen LogP contribution in [-0.4, -0.2) is 35.9 Å². The predicted molar refractivity (Wildman–Crippen MR) is 116 cm³/mol. The summed E-state index contributed by atoms with van der Waals surface area (Å²) < 4.78 is 5.59. The molecule has 2 amide bonds. The summed E-state index contributed by atoms with van der Waals surface area (Å²) in [6, 6.07) is 13.5. The molecule has 0 aliphatic heterocycles. The second-order valence-electron chi connectivity index (χ2n) is 6.69. The molecule has 1 atom stereocenters. The van der Waals surface area contributed by atoms with E-state index in [9.17, 15) is 9.59 Å². The van der Waals surface area contributed by atoms with Gasteiger partial charge in [0.2, 0.25) is 5.91 Å². The number of para-hydroxylation sites is 1. The second kappa shape index (κ2) is 11.7. The summed E-state index contributed by atoms with van der Waals surface area (Å²) >= 11 is 12.0. The van der Waals surface area contributed by atoms with Gasteiger partial charge in [0.05, 0.1) is 5.02 Å². The molecule has 0 saturated carbocycles. The minimum atomic E-state index is -0.648. The Labute approximate surface area is 181 Å². The van der Waals surface area contributed by atoms with Crippen LogP contribution in [0.25, 0.3) is 0 Å². The highest BCUT2D eigenvalue weighted by molar-refractivity contribution is 6.32. The van der Waals surface area contributed by atoms with Crippen LogP contribution in [0.15, 0.2) is 48.5 Å². The zero-order chi connectivity index (χ0) is 21.2. The molecule has 0 spiro atoms. The van der Waals surface area contributed by atoms with Crippen LogP contribution in [0.5, 0.6) is 5.75 Å². The maximum absolute atomic E-state index is 12.9. The summed E-state index contributed by atoms with van der Waals surface area (Å²) in [4.78, 5) is 27.0. The van der Waals surface area contributed by atoms with Crippen molar-refractivity contribution in [2.75, 3.05) is 13.2 Å². The van der Waals surface area contributed by atoms with Crippen molar-refractivity contribution in [3.63, 3.8) is 0 Å². The molecule has 2 aromatic carbocycles. The Morgan fingerprint density at radius 2 is 1.79 bits per heavy atom. The molecule has 0 fully saturated rings. The number of benzene rings is 2. The van der Waals surface area contributed by atoms with Gasteiger partial charge in [0.1, 0.15) is 11.8 Å². The number of carbonyl (C=O) groups is 2. The normalized spacial score (nSPS) is 11.6. The zero-order valence-electron chi connectivity index (χ0n) is 16.7. The molecule has 0 saturated heterocycles. The smallest absolute Gasteiger partial charge is 0.261 e. The van der Waals surface area contributed by atoms with Crippen molar-refractivity contribution in [3.05, 3.63) is 64.1 Å². The number of ether oxygens (including phenoxy) is 1. The number of hydrogen-bond donors (Lipinski definition) is 1. The van der Waals surface area contributed by atoms with Crippen LogP contribution < -0.4 is 10.1 Å². The first-order chi connectivity index (χ1) is 13.9. The van der Waals surface area contributed by atoms with Crippen molar-refractivity contribution in [3.8, 4) is 5.75 Å².